The third-order valence-electron chi connectivity index (χ3n) is 9.96. The molecule has 2 heterocycles. The van der Waals surface area contributed by atoms with Gasteiger partial charge in [0.2, 0.25) is 0 Å². The highest BCUT2D eigenvalue weighted by molar-refractivity contribution is 5.94. The summed E-state index contributed by atoms with van der Waals surface area (Å²) in [5.74, 6) is 1.24. The molecule has 0 bridgehead atoms. The molecule has 63 heavy (non-hydrogen) atoms. The summed E-state index contributed by atoms with van der Waals surface area (Å²) in [6.45, 7) is 22.6. The summed E-state index contributed by atoms with van der Waals surface area (Å²) in [6, 6.07) is 29.8. The number of allylic oxidation sites excluding steroid dienone is 22. The second-order valence-electron chi connectivity index (χ2n) is 14.5. The molecule has 3 unspecified atom stereocenters. The molecule has 3 aliphatic rings. The van der Waals surface area contributed by atoms with E-state index in [1.54, 1.807) is 24.3 Å². The molecule has 0 N–H and O–H groups in total. The molecule has 2 nitrogen and oxygen atoms in total. The first-order valence-electron chi connectivity index (χ1n) is 21.8. The van der Waals surface area contributed by atoms with Crippen molar-refractivity contribution in [3.8, 4) is 11.1 Å². The molecule has 3 aromatic carbocycles. The maximum Gasteiger partial charge on any atom is 0.0708 e. The average molecular weight is 827 g/mol. The van der Waals surface area contributed by atoms with Crippen molar-refractivity contribution in [2.45, 2.75) is 53.9 Å². The third-order valence-corrected chi connectivity index (χ3v) is 9.96. The zero-order valence-corrected chi connectivity index (χ0v) is 38.3. The lowest BCUT2D eigenvalue weighted by molar-refractivity contribution is 0.681. The van der Waals surface area contributed by atoms with Crippen LogP contribution in [-0.2, 0) is 0 Å². The first kappa shape index (κ1) is 50.2. The van der Waals surface area contributed by atoms with E-state index in [0.29, 0.717) is 17.8 Å². The number of fused-ring (bicyclic) bond motifs is 2. The molecule has 3 atom stereocenters. The van der Waals surface area contributed by atoms with Gasteiger partial charge < -0.3 is 0 Å². The summed E-state index contributed by atoms with van der Waals surface area (Å²) in [5, 5.41) is 1.20. The predicted octanol–water partition coefficient (Wildman–Crippen LogP) is 17.2. The molecule has 320 valence electrons. The summed E-state index contributed by atoms with van der Waals surface area (Å²) in [5.41, 5.74) is 13.8. The zero-order chi connectivity index (χ0) is 45.5. The summed E-state index contributed by atoms with van der Waals surface area (Å²) in [7, 11) is 0. The van der Waals surface area contributed by atoms with E-state index in [1.165, 1.54) is 44.5 Å². The molecule has 2 aliphatic carbocycles. The molecule has 4 aromatic rings. The molecule has 0 saturated heterocycles. The molecule has 7 rings (SSSR count). The molecule has 0 saturated carbocycles. The summed E-state index contributed by atoms with van der Waals surface area (Å²) in [6.07, 6.45) is 47.7. The monoisotopic (exact) mass is 827 g/mol. The van der Waals surface area contributed by atoms with Gasteiger partial charge in [-0.05, 0) is 105 Å². The number of hydrogen-bond donors (Lipinski definition) is 0. The zero-order valence-electron chi connectivity index (χ0n) is 38.3. The highest BCUT2D eigenvalue weighted by Crippen LogP contribution is 2.33. The van der Waals surface area contributed by atoms with Crippen LogP contribution in [0.15, 0.2) is 267 Å². The van der Waals surface area contributed by atoms with Crippen LogP contribution in [0, 0.1) is 11.8 Å². The number of aromatic nitrogens is 1. The Labute approximate surface area is 380 Å². The second kappa shape index (κ2) is 30.0. The van der Waals surface area contributed by atoms with Crippen molar-refractivity contribution in [2.75, 3.05) is 0 Å². The first-order valence-corrected chi connectivity index (χ1v) is 21.8. The summed E-state index contributed by atoms with van der Waals surface area (Å²) >= 11 is 0. The van der Waals surface area contributed by atoms with Crippen molar-refractivity contribution >= 4 is 22.2 Å². The van der Waals surface area contributed by atoms with Gasteiger partial charge in [-0.15, -0.1) is 5.73 Å². The van der Waals surface area contributed by atoms with Crippen LogP contribution in [0.1, 0.15) is 65.0 Å². The van der Waals surface area contributed by atoms with Crippen molar-refractivity contribution in [3.63, 3.8) is 0 Å². The SMILES string of the molecule is C/C=C\C=C/C(C)c1cccc(-c2ccnc3ccccc23)c1.C=C/C=C\C.C=C/C=C\C.C=CC=C=CC.CC1=NC(C2=CC=C(c3ccccc3)CC=C2)=CC2C=CC=CC12. The summed E-state index contributed by atoms with van der Waals surface area (Å²) in [4.78, 5) is 9.33. The Morgan fingerprint density at radius 3 is 2.10 bits per heavy atom. The molecule has 2 heteroatoms. The Balaban J connectivity index is 0.000000251. The van der Waals surface area contributed by atoms with E-state index in [2.05, 4.69) is 196 Å². The van der Waals surface area contributed by atoms with Gasteiger partial charge in [0, 0.05) is 29.1 Å². The molecule has 0 amide bonds. The Hall–Kier alpha value is -7.12. The van der Waals surface area contributed by atoms with Gasteiger partial charge >= 0.3 is 0 Å². The largest absolute Gasteiger partial charge is 0.257 e. The van der Waals surface area contributed by atoms with E-state index >= 15 is 0 Å². The topological polar surface area (TPSA) is 25.2 Å². The maximum atomic E-state index is 4.87. The first-order chi connectivity index (χ1) is 30.8. The number of hydrogen-bond acceptors (Lipinski definition) is 2. The fourth-order valence-corrected chi connectivity index (χ4v) is 6.74. The summed E-state index contributed by atoms with van der Waals surface area (Å²) < 4.78 is 0. The molecule has 1 aliphatic heterocycles. The third kappa shape index (κ3) is 17.4. The Kier molecular flexibility index (Phi) is 23.9. The van der Waals surface area contributed by atoms with Gasteiger partial charge in [0.05, 0.1) is 11.2 Å². The highest BCUT2D eigenvalue weighted by Gasteiger charge is 2.24. The van der Waals surface area contributed by atoms with Crippen LogP contribution in [0.3, 0.4) is 0 Å². The minimum atomic E-state index is 0.388. The molecule has 0 radical (unpaired) electrons. The minimum Gasteiger partial charge on any atom is -0.257 e. The van der Waals surface area contributed by atoms with Gasteiger partial charge in [0.15, 0.2) is 0 Å². The van der Waals surface area contributed by atoms with Crippen LogP contribution in [-0.4, -0.2) is 10.7 Å². The highest BCUT2D eigenvalue weighted by atomic mass is 14.8. The van der Waals surface area contributed by atoms with E-state index in [4.69, 9.17) is 4.99 Å². The van der Waals surface area contributed by atoms with Crippen molar-refractivity contribution < 1.29 is 0 Å². The molecule has 0 spiro atoms. The van der Waals surface area contributed by atoms with Crippen molar-refractivity contribution in [1.29, 1.82) is 0 Å². The van der Waals surface area contributed by atoms with E-state index in [-0.39, 0.29) is 0 Å². The van der Waals surface area contributed by atoms with Crippen molar-refractivity contribution in [2.24, 2.45) is 16.8 Å². The van der Waals surface area contributed by atoms with Gasteiger partial charge in [-0.1, -0.05) is 221 Å². The van der Waals surface area contributed by atoms with E-state index in [1.807, 2.05) is 76.4 Å². The van der Waals surface area contributed by atoms with E-state index < -0.39 is 0 Å². The van der Waals surface area contributed by atoms with Gasteiger partial charge in [0.1, 0.15) is 0 Å². The standard InChI is InChI=1S/C23H21N.C22H21N.C6H8.2C5H8/c1-17-22-13-6-5-10-21(22)16-23(24-17)20-12-7-11-19(14-15-20)18-8-3-2-4-9-18;1-3-4-5-9-17(2)18-10-8-11-19(16-18)20-14-15-23-22-13-7-6-12-21(20)22;1-3-5-6-4-2;2*1-3-5-4-2/h2-10,12-16,21-22H,11H2,1H3;3-17H,1-2H3;3-5H,1H2,2H3;2*3-5H,1H2,2H3/b;4-3-,9-5-;;2*5-4-. The number of pyridine rings is 1. The van der Waals surface area contributed by atoms with Crippen molar-refractivity contribution in [3.05, 3.63) is 273 Å². The maximum absolute atomic E-state index is 4.87. The normalized spacial score (nSPS) is 16.3. The minimum absolute atomic E-state index is 0.388. The fraction of sp³-hybridized carbons (Fsp3) is 0.164. The van der Waals surface area contributed by atoms with Crippen LogP contribution in [0.4, 0.5) is 0 Å². The van der Waals surface area contributed by atoms with Gasteiger partial charge in [-0.25, -0.2) is 0 Å². The van der Waals surface area contributed by atoms with Crippen LogP contribution in [0.5, 0.6) is 0 Å². The van der Waals surface area contributed by atoms with Crippen LogP contribution >= 0.6 is 0 Å². The lowest BCUT2D eigenvalue weighted by Crippen LogP contribution is -2.22. The number of benzene rings is 3. The Bertz CT molecular complexity index is 2450. The quantitative estimate of drug-likeness (QED) is 0.122. The second-order valence-corrected chi connectivity index (χ2v) is 14.5. The predicted molar refractivity (Wildman–Crippen MR) is 281 cm³/mol. The van der Waals surface area contributed by atoms with Crippen LogP contribution in [0.25, 0.3) is 27.6 Å². The number of nitrogens with zero attached hydrogens (tertiary/aromatic N) is 2. The van der Waals surface area contributed by atoms with Gasteiger partial charge in [-0.2, -0.15) is 0 Å². The fourth-order valence-electron chi connectivity index (χ4n) is 6.74. The number of rotatable bonds is 9. The lowest BCUT2D eigenvalue weighted by Gasteiger charge is -2.26. The molecule has 0 fully saturated rings. The van der Waals surface area contributed by atoms with Crippen LogP contribution in [0.2, 0.25) is 0 Å². The number of aliphatic imine (C=N–C) groups is 1. The lowest BCUT2D eigenvalue weighted by atomic mass is 9.82. The van der Waals surface area contributed by atoms with E-state index in [0.717, 1.165) is 17.6 Å². The smallest absolute Gasteiger partial charge is 0.0708 e. The molecular weight excluding hydrogens is 761 g/mol. The van der Waals surface area contributed by atoms with Crippen LogP contribution < -0.4 is 0 Å². The van der Waals surface area contributed by atoms with E-state index in [9.17, 15) is 0 Å². The molecular formula is C61H66N2. The van der Waals surface area contributed by atoms with Crippen molar-refractivity contribution in [1.82, 2.24) is 4.98 Å². The Morgan fingerprint density at radius 1 is 0.730 bits per heavy atom. The average Bonchev–Trinajstić information content (AvgIpc) is 3.59. The van der Waals surface area contributed by atoms with Gasteiger partial charge in [-0.3, -0.25) is 9.98 Å². The number of para-hydroxylation sites is 1. The Morgan fingerprint density at radius 2 is 1.43 bits per heavy atom. The molecule has 1 aromatic heterocycles. The van der Waals surface area contributed by atoms with Gasteiger partial charge in [0.25, 0.3) is 0 Å².